The molecule has 4 heterocycles. The van der Waals surface area contributed by atoms with E-state index in [0.29, 0.717) is 12.5 Å². The summed E-state index contributed by atoms with van der Waals surface area (Å²) in [6.07, 6.45) is 5.18. The van der Waals surface area contributed by atoms with Crippen molar-refractivity contribution in [3.8, 4) is 0 Å². The van der Waals surface area contributed by atoms with E-state index >= 15 is 0 Å². The largest absolute Gasteiger partial charge is 0.302 e. The van der Waals surface area contributed by atoms with E-state index in [1.54, 1.807) is 19.6 Å². The van der Waals surface area contributed by atoms with Gasteiger partial charge >= 0.3 is 0 Å². The first-order chi connectivity index (χ1) is 13.3. The highest BCUT2D eigenvalue weighted by Gasteiger charge is 2.26. The third-order valence-corrected chi connectivity index (χ3v) is 5.47. The molecule has 0 aromatic carbocycles. The van der Waals surface area contributed by atoms with Gasteiger partial charge in [0.2, 0.25) is 0 Å². The predicted molar refractivity (Wildman–Crippen MR) is 106 cm³/mol. The van der Waals surface area contributed by atoms with Gasteiger partial charge < -0.3 is 4.57 Å². The van der Waals surface area contributed by atoms with E-state index in [1.165, 1.54) is 4.57 Å². The van der Waals surface area contributed by atoms with E-state index in [-0.39, 0.29) is 11.0 Å². The van der Waals surface area contributed by atoms with Gasteiger partial charge in [-0.25, -0.2) is 4.98 Å². The second-order valence-corrected chi connectivity index (χ2v) is 8.68. The van der Waals surface area contributed by atoms with Gasteiger partial charge in [-0.15, -0.1) is 10.2 Å². The molecule has 1 saturated heterocycles. The quantitative estimate of drug-likeness (QED) is 0.689. The Kier molecular flexibility index (Phi) is 4.74. The number of fused-ring (bicyclic) bond motifs is 1. The Bertz CT molecular complexity index is 1040. The Morgan fingerprint density at radius 1 is 1.14 bits per heavy atom. The van der Waals surface area contributed by atoms with Gasteiger partial charge in [0.1, 0.15) is 0 Å². The fourth-order valence-corrected chi connectivity index (χ4v) is 3.72. The van der Waals surface area contributed by atoms with Crippen molar-refractivity contribution in [1.82, 2.24) is 34.3 Å². The molecular weight excluding hydrogens is 354 g/mol. The minimum atomic E-state index is -0.0189. The number of aryl methyl sites for hydroxylation is 1. The van der Waals surface area contributed by atoms with Gasteiger partial charge in [0.05, 0.1) is 12.0 Å². The average molecular weight is 381 g/mol. The van der Waals surface area contributed by atoms with Crippen LogP contribution >= 0.6 is 0 Å². The van der Waals surface area contributed by atoms with E-state index in [2.05, 4.69) is 40.9 Å². The van der Waals surface area contributed by atoms with Gasteiger partial charge in [0.15, 0.2) is 11.5 Å². The summed E-state index contributed by atoms with van der Waals surface area (Å²) in [6, 6.07) is 4.03. The number of aromatic nitrogens is 6. The minimum absolute atomic E-state index is 0.0189. The zero-order valence-corrected chi connectivity index (χ0v) is 17.0. The highest BCUT2D eigenvalue weighted by Crippen LogP contribution is 2.28. The van der Waals surface area contributed by atoms with Crippen molar-refractivity contribution in [2.24, 2.45) is 7.05 Å². The lowest BCUT2D eigenvalue weighted by Crippen LogP contribution is -2.35. The number of nitrogens with zero attached hydrogens (tertiary/aromatic N) is 7. The zero-order valence-electron chi connectivity index (χ0n) is 17.0. The van der Waals surface area contributed by atoms with Crippen molar-refractivity contribution in [2.45, 2.75) is 51.5 Å². The summed E-state index contributed by atoms with van der Waals surface area (Å²) >= 11 is 0. The normalized spacial score (nSPS) is 16.7. The van der Waals surface area contributed by atoms with Gasteiger partial charge in [-0.1, -0.05) is 20.8 Å². The molecular formula is C20H27N7O. The lowest BCUT2D eigenvalue weighted by atomic mass is 9.92. The topological polar surface area (TPSA) is 81.2 Å². The second kappa shape index (κ2) is 7.09. The Balaban J connectivity index is 1.49. The number of likely N-dealkylation sites (tertiary alicyclic amines) is 1. The molecule has 0 N–H and O–H groups in total. The third-order valence-electron chi connectivity index (χ3n) is 5.47. The van der Waals surface area contributed by atoms with Crippen molar-refractivity contribution in [1.29, 1.82) is 0 Å². The molecule has 8 heteroatoms. The second-order valence-electron chi connectivity index (χ2n) is 8.68. The molecule has 0 atom stereocenters. The van der Waals surface area contributed by atoms with Crippen LogP contribution in [0.3, 0.4) is 0 Å². The van der Waals surface area contributed by atoms with Gasteiger partial charge in [-0.05, 0) is 38.1 Å². The molecule has 0 bridgehead atoms. The maximum atomic E-state index is 12.2. The van der Waals surface area contributed by atoms with Crippen LogP contribution in [0.4, 0.5) is 0 Å². The lowest BCUT2D eigenvalue weighted by Gasteiger charge is -2.30. The van der Waals surface area contributed by atoms with Crippen LogP contribution in [0.25, 0.3) is 5.65 Å². The SMILES string of the molecule is Cn1cncc(CN2CCC(c3nnc4ccc(C(C)(C)C)nn34)CC2)c1=O. The van der Waals surface area contributed by atoms with Crippen LogP contribution in [0, 0.1) is 0 Å². The highest BCUT2D eigenvalue weighted by molar-refractivity contribution is 5.37. The van der Waals surface area contributed by atoms with E-state index < -0.39 is 0 Å². The van der Waals surface area contributed by atoms with Gasteiger partial charge in [0, 0.05) is 36.7 Å². The van der Waals surface area contributed by atoms with Crippen LogP contribution in [-0.4, -0.2) is 47.4 Å². The van der Waals surface area contributed by atoms with Gasteiger partial charge in [0.25, 0.3) is 5.56 Å². The summed E-state index contributed by atoms with van der Waals surface area (Å²) in [7, 11) is 1.74. The molecule has 0 amide bonds. The van der Waals surface area contributed by atoms with Crippen LogP contribution in [0.5, 0.6) is 0 Å². The summed E-state index contributed by atoms with van der Waals surface area (Å²) in [5, 5.41) is 13.6. The molecule has 0 saturated carbocycles. The molecule has 1 aliphatic rings. The van der Waals surface area contributed by atoms with E-state index in [1.807, 2.05) is 16.6 Å². The number of piperidine rings is 1. The molecule has 1 aliphatic heterocycles. The summed E-state index contributed by atoms with van der Waals surface area (Å²) in [5.41, 5.74) is 2.58. The molecule has 0 aliphatic carbocycles. The molecule has 0 spiro atoms. The molecule has 148 valence electrons. The van der Waals surface area contributed by atoms with Crippen LogP contribution < -0.4 is 5.56 Å². The Morgan fingerprint density at radius 3 is 2.61 bits per heavy atom. The van der Waals surface area contributed by atoms with Crippen LogP contribution in [0.15, 0.2) is 29.5 Å². The lowest BCUT2D eigenvalue weighted by molar-refractivity contribution is 0.199. The van der Waals surface area contributed by atoms with Crippen LogP contribution in [-0.2, 0) is 19.0 Å². The van der Waals surface area contributed by atoms with Crippen molar-refractivity contribution in [3.05, 3.63) is 52.1 Å². The third kappa shape index (κ3) is 3.56. The predicted octanol–water partition coefficient (Wildman–Crippen LogP) is 1.90. The fourth-order valence-electron chi connectivity index (χ4n) is 3.72. The van der Waals surface area contributed by atoms with Crippen LogP contribution in [0.2, 0.25) is 0 Å². The van der Waals surface area contributed by atoms with Gasteiger partial charge in [-0.2, -0.15) is 9.61 Å². The summed E-state index contributed by atoms with van der Waals surface area (Å²) in [6.45, 7) is 8.94. The van der Waals surface area contributed by atoms with E-state index in [9.17, 15) is 4.79 Å². The summed E-state index contributed by atoms with van der Waals surface area (Å²) < 4.78 is 3.45. The Labute approximate surface area is 164 Å². The number of rotatable bonds is 3. The van der Waals surface area contributed by atoms with Crippen molar-refractivity contribution in [3.63, 3.8) is 0 Å². The van der Waals surface area contributed by atoms with Crippen molar-refractivity contribution in [2.75, 3.05) is 13.1 Å². The van der Waals surface area contributed by atoms with E-state index in [0.717, 1.165) is 48.7 Å². The van der Waals surface area contributed by atoms with Gasteiger partial charge in [-0.3, -0.25) is 9.69 Å². The first-order valence-corrected chi connectivity index (χ1v) is 9.77. The molecule has 4 rings (SSSR count). The minimum Gasteiger partial charge on any atom is -0.302 e. The summed E-state index contributed by atoms with van der Waals surface area (Å²) in [4.78, 5) is 18.7. The smallest absolute Gasteiger partial charge is 0.257 e. The van der Waals surface area contributed by atoms with E-state index in [4.69, 9.17) is 5.10 Å². The highest BCUT2D eigenvalue weighted by atomic mass is 16.1. The van der Waals surface area contributed by atoms with Crippen molar-refractivity contribution >= 4 is 5.65 Å². The summed E-state index contributed by atoms with van der Waals surface area (Å²) in [5.74, 6) is 1.27. The molecule has 0 radical (unpaired) electrons. The Morgan fingerprint density at radius 2 is 1.89 bits per heavy atom. The Hall–Kier alpha value is -2.61. The van der Waals surface area contributed by atoms with Crippen molar-refractivity contribution < 1.29 is 0 Å². The molecule has 3 aromatic heterocycles. The molecule has 28 heavy (non-hydrogen) atoms. The zero-order chi connectivity index (χ0) is 19.9. The molecule has 3 aromatic rings. The standard InChI is InChI=1S/C20H27N7O/c1-20(2,3)16-5-6-17-22-23-18(27(17)24-16)14-7-9-26(10-8-14)12-15-11-21-13-25(4)19(15)28/h5-6,11,13-14H,7-10,12H2,1-4H3. The average Bonchev–Trinajstić information content (AvgIpc) is 3.09. The molecule has 1 fully saturated rings. The first-order valence-electron chi connectivity index (χ1n) is 9.77. The van der Waals surface area contributed by atoms with Crippen LogP contribution in [0.1, 0.15) is 56.6 Å². The monoisotopic (exact) mass is 381 g/mol. The first kappa shape index (κ1) is 18.7. The fraction of sp³-hybridized carbons (Fsp3) is 0.550. The maximum Gasteiger partial charge on any atom is 0.257 e. The molecule has 0 unspecified atom stereocenters. The number of hydrogen-bond donors (Lipinski definition) is 0. The molecule has 8 nitrogen and oxygen atoms in total. The number of hydrogen-bond acceptors (Lipinski definition) is 6. The maximum absolute atomic E-state index is 12.2.